The average Bonchev–Trinajstić information content (AvgIpc) is 2.07. The van der Waals surface area contributed by atoms with Crippen LogP contribution in [0.1, 0.15) is 20.8 Å². The molecule has 0 aliphatic heterocycles. The highest BCUT2D eigenvalue weighted by molar-refractivity contribution is 6.76. The summed E-state index contributed by atoms with van der Waals surface area (Å²) in [6, 6.07) is 0.930. The smallest absolute Gasteiger partial charge is 0.429 e. The average molecular weight is 256 g/mol. The Hall–Kier alpha value is -0.993. The van der Waals surface area contributed by atoms with Gasteiger partial charge in [0.1, 0.15) is 12.2 Å². The van der Waals surface area contributed by atoms with E-state index in [1.807, 2.05) is 0 Å². The lowest BCUT2D eigenvalue weighted by atomic mass is 10.2. The van der Waals surface area contributed by atoms with E-state index in [0.717, 1.165) is 11.6 Å². The molecule has 0 spiro atoms. The first-order valence-corrected chi connectivity index (χ1v) is 9.48. The molecule has 0 heterocycles. The van der Waals surface area contributed by atoms with Crippen LogP contribution >= 0.6 is 0 Å². The van der Waals surface area contributed by atoms with Crippen molar-refractivity contribution in [2.24, 2.45) is 0 Å². The van der Waals surface area contributed by atoms with Crippen molar-refractivity contribution in [2.75, 3.05) is 6.61 Å². The maximum absolute atomic E-state index is 11.4. The van der Waals surface area contributed by atoms with Gasteiger partial charge in [-0.2, -0.15) is 0 Å². The van der Waals surface area contributed by atoms with Crippen molar-refractivity contribution in [3.05, 3.63) is 17.9 Å². The van der Waals surface area contributed by atoms with Crippen molar-refractivity contribution in [3.63, 3.8) is 0 Å². The van der Waals surface area contributed by atoms with Crippen LogP contribution in [0.15, 0.2) is 17.9 Å². The molecule has 0 radical (unpaired) electrons. The number of hydrogen-bond donors (Lipinski definition) is 0. The molecule has 0 bridgehead atoms. The number of rotatable bonds is 4. The van der Waals surface area contributed by atoms with Crippen molar-refractivity contribution in [1.82, 2.24) is 0 Å². The highest BCUT2D eigenvalue weighted by Gasteiger charge is 2.19. The first kappa shape index (κ1) is 16.0. The monoisotopic (exact) mass is 256 g/mol. The first-order valence-electron chi connectivity index (χ1n) is 5.77. The molecule has 0 amide bonds. The zero-order chi connectivity index (χ0) is 13.7. The van der Waals surface area contributed by atoms with Crippen molar-refractivity contribution < 1.29 is 14.3 Å². The third-order valence-electron chi connectivity index (χ3n) is 1.75. The molecule has 0 N–H and O–H groups in total. The summed E-state index contributed by atoms with van der Waals surface area (Å²) >= 11 is 0. The fourth-order valence-corrected chi connectivity index (χ4v) is 2.74. The van der Waals surface area contributed by atoms with Crippen molar-refractivity contribution >= 4 is 14.2 Å². The van der Waals surface area contributed by atoms with E-state index in [1.165, 1.54) is 0 Å². The second kappa shape index (κ2) is 6.08. The SMILES string of the molecule is C=C=C(COC(=O)OC(C)(C)C)C[Si](C)(C)C. The van der Waals surface area contributed by atoms with Gasteiger partial charge in [0.25, 0.3) is 0 Å². The van der Waals surface area contributed by atoms with Crippen molar-refractivity contribution in [1.29, 1.82) is 0 Å². The van der Waals surface area contributed by atoms with Gasteiger partial charge in [0.05, 0.1) is 0 Å². The van der Waals surface area contributed by atoms with Gasteiger partial charge in [-0.25, -0.2) is 4.79 Å². The minimum atomic E-state index is -1.23. The highest BCUT2D eigenvalue weighted by atomic mass is 28.3. The van der Waals surface area contributed by atoms with Gasteiger partial charge in [-0.05, 0) is 26.8 Å². The van der Waals surface area contributed by atoms with Gasteiger partial charge in [0.2, 0.25) is 0 Å². The fraction of sp³-hybridized carbons (Fsp3) is 0.692. The Morgan fingerprint density at radius 2 is 1.82 bits per heavy atom. The molecule has 98 valence electrons. The predicted molar refractivity (Wildman–Crippen MR) is 73.0 cm³/mol. The summed E-state index contributed by atoms with van der Waals surface area (Å²) in [5.41, 5.74) is 3.27. The Balaban J connectivity index is 4.19. The van der Waals surface area contributed by atoms with E-state index in [0.29, 0.717) is 0 Å². The van der Waals surface area contributed by atoms with Crippen molar-refractivity contribution in [3.8, 4) is 0 Å². The van der Waals surface area contributed by atoms with Crippen LogP contribution in [0.3, 0.4) is 0 Å². The molecular formula is C13H24O3Si. The molecule has 0 aromatic rings. The maximum atomic E-state index is 11.4. The van der Waals surface area contributed by atoms with Crippen LogP contribution < -0.4 is 0 Å². The molecule has 0 atom stereocenters. The lowest BCUT2D eigenvalue weighted by Crippen LogP contribution is -2.26. The summed E-state index contributed by atoms with van der Waals surface area (Å²) in [5, 5.41) is 0. The molecular weight excluding hydrogens is 232 g/mol. The zero-order valence-electron chi connectivity index (χ0n) is 11.8. The number of carbonyl (C=O) groups excluding carboxylic acids is 1. The summed E-state index contributed by atoms with van der Waals surface area (Å²) in [4.78, 5) is 11.4. The van der Waals surface area contributed by atoms with Crippen LogP contribution in [-0.4, -0.2) is 26.4 Å². The second-order valence-electron chi connectivity index (χ2n) is 6.27. The van der Waals surface area contributed by atoms with Crippen LogP contribution in [0.5, 0.6) is 0 Å². The van der Waals surface area contributed by atoms with E-state index in [9.17, 15) is 4.79 Å². The minimum absolute atomic E-state index is 0.225. The molecule has 17 heavy (non-hydrogen) atoms. The molecule has 0 aliphatic rings. The van der Waals surface area contributed by atoms with Crippen LogP contribution in [0.4, 0.5) is 4.79 Å². The Kier molecular flexibility index (Phi) is 5.72. The van der Waals surface area contributed by atoms with E-state index in [-0.39, 0.29) is 6.61 Å². The van der Waals surface area contributed by atoms with Crippen molar-refractivity contribution in [2.45, 2.75) is 52.1 Å². The van der Waals surface area contributed by atoms with Gasteiger partial charge in [-0.3, -0.25) is 0 Å². The molecule has 0 saturated heterocycles. The van der Waals surface area contributed by atoms with Crippen LogP contribution in [-0.2, 0) is 9.47 Å². The summed E-state index contributed by atoms with van der Waals surface area (Å²) in [6.45, 7) is 16.0. The molecule has 0 rings (SSSR count). The van der Waals surface area contributed by atoms with Gasteiger partial charge in [-0.1, -0.05) is 26.2 Å². The summed E-state index contributed by atoms with van der Waals surface area (Å²) < 4.78 is 10.1. The van der Waals surface area contributed by atoms with Gasteiger partial charge in [0.15, 0.2) is 0 Å². The van der Waals surface area contributed by atoms with Gasteiger partial charge < -0.3 is 9.47 Å². The molecule has 0 aliphatic carbocycles. The molecule has 0 saturated carbocycles. The van der Waals surface area contributed by atoms with E-state index >= 15 is 0 Å². The third-order valence-corrected chi connectivity index (χ3v) is 3.23. The quantitative estimate of drug-likeness (QED) is 0.433. The second-order valence-corrected chi connectivity index (χ2v) is 11.7. The molecule has 0 unspecified atom stereocenters. The summed E-state index contributed by atoms with van der Waals surface area (Å²) in [6.07, 6.45) is -0.638. The van der Waals surface area contributed by atoms with Gasteiger partial charge >= 0.3 is 6.16 Å². The zero-order valence-corrected chi connectivity index (χ0v) is 12.8. The van der Waals surface area contributed by atoms with E-state index in [1.54, 1.807) is 20.8 Å². The standard InChI is InChI=1S/C13H24O3Si/c1-8-11(10-17(5,6)7)9-15-12(14)16-13(2,3)4/h1,9-10H2,2-7H3. The molecule has 0 aromatic heterocycles. The molecule has 0 aromatic carbocycles. The number of hydrogen-bond acceptors (Lipinski definition) is 3. The van der Waals surface area contributed by atoms with Gasteiger partial charge in [0, 0.05) is 13.6 Å². The largest absolute Gasteiger partial charge is 0.509 e. The van der Waals surface area contributed by atoms with Gasteiger partial charge in [-0.15, -0.1) is 5.73 Å². The Bertz CT molecular complexity index is 315. The van der Waals surface area contributed by atoms with Crippen LogP contribution in [0.2, 0.25) is 25.7 Å². The first-order chi connectivity index (χ1) is 7.53. The number of carbonyl (C=O) groups is 1. The molecule has 0 fully saturated rings. The Morgan fingerprint density at radius 1 is 1.29 bits per heavy atom. The minimum Gasteiger partial charge on any atom is -0.429 e. The van der Waals surface area contributed by atoms with E-state index < -0.39 is 19.8 Å². The van der Waals surface area contributed by atoms with Crippen LogP contribution in [0.25, 0.3) is 0 Å². The highest BCUT2D eigenvalue weighted by Crippen LogP contribution is 2.16. The topological polar surface area (TPSA) is 35.5 Å². The maximum Gasteiger partial charge on any atom is 0.509 e. The Morgan fingerprint density at radius 3 is 2.18 bits per heavy atom. The normalized spacial score (nSPS) is 11.6. The Labute approximate surface area is 106 Å². The van der Waals surface area contributed by atoms with E-state index in [2.05, 4.69) is 32.0 Å². The fourth-order valence-electron chi connectivity index (χ4n) is 1.23. The third kappa shape index (κ3) is 9.91. The summed E-state index contributed by atoms with van der Waals surface area (Å²) in [5.74, 6) is 0. The molecule has 3 nitrogen and oxygen atoms in total. The number of ether oxygens (including phenoxy) is 2. The molecule has 4 heteroatoms. The van der Waals surface area contributed by atoms with Crippen LogP contribution in [0, 0.1) is 0 Å². The predicted octanol–water partition coefficient (Wildman–Crippen LogP) is 3.99. The van der Waals surface area contributed by atoms with E-state index in [4.69, 9.17) is 9.47 Å². The summed E-state index contributed by atoms with van der Waals surface area (Å²) in [7, 11) is -1.23. The lowest BCUT2D eigenvalue weighted by molar-refractivity contribution is -0.00340. The lowest BCUT2D eigenvalue weighted by Gasteiger charge is -2.20.